The predicted molar refractivity (Wildman–Crippen MR) is 77.1 cm³/mol. The van der Waals surface area contributed by atoms with Gasteiger partial charge >= 0.3 is 6.09 Å². The van der Waals surface area contributed by atoms with Crippen molar-refractivity contribution in [3.05, 3.63) is 28.2 Å². The number of carbonyl (C=O) groups is 1. The zero-order valence-electron chi connectivity index (χ0n) is 11.3. The SMILES string of the molecule is CC(C)(C)OC(=O)Nc1cc(C2(O)CC2)ccc1Br. The van der Waals surface area contributed by atoms with Crippen molar-refractivity contribution >= 4 is 27.7 Å². The van der Waals surface area contributed by atoms with Crippen LogP contribution < -0.4 is 5.32 Å². The van der Waals surface area contributed by atoms with E-state index in [2.05, 4.69) is 21.2 Å². The molecule has 4 nitrogen and oxygen atoms in total. The van der Waals surface area contributed by atoms with Crippen molar-refractivity contribution in [3.63, 3.8) is 0 Å². The second kappa shape index (κ2) is 4.80. The van der Waals surface area contributed by atoms with Gasteiger partial charge in [0.2, 0.25) is 0 Å². The summed E-state index contributed by atoms with van der Waals surface area (Å²) in [6.07, 6.45) is 1.02. The first kappa shape index (κ1) is 14.3. The maximum absolute atomic E-state index is 11.7. The summed E-state index contributed by atoms with van der Waals surface area (Å²) in [7, 11) is 0. The maximum atomic E-state index is 11.7. The summed E-state index contributed by atoms with van der Waals surface area (Å²) in [5.74, 6) is 0. The quantitative estimate of drug-likeness (QED) is 0.869. The van der Waals surface area contributed by atoms with E-state index in [0.717, 1.165) is 22.9 Å². The van der Waals surface area contributed by atoms with Crippen LogP contribution in [0.1, 0.15) is 39.2 Å². The Kier molecular flexibility index (Phi) is 3.62. The molecule has 2 N–H and O–H groups in total. The molecule has 5 heteroatoms. The van der Waals surface area contributed by atoms with Gasteiger partial charge in [0, 0.05) is 4.47 Å². The summed E-state index contributed by atoms with van der Waals surface area (Å²) < 4.78 is 5.96. The summed E-state index contributed by atoms with van der Waals surface area (Å²) >= 11 is 3.37. The van der Waals surface area contributed by atoms with Crippen LogP contribution in [0.25, 0.3) is 0 Å². The summed E-state index contributed by atoms with van der Waals surface area (Å²) in [5.41, 5.74) is 0.169. The fourth-order valence-electron chi connectivity index (χ4n) is 1.73. The molecule has 0 aromatic heterocycles. The lowest BCUT2D eigenvalue weighted by molar-refractivity contribution is 0.0635. The molecule has 0 saturated heterocycles. The Morgan fingerprint density at radius 1 is 1.42 bits per heavy atom. The van der Waals surface area contributed by atoms with E-state index in [9.17, 15) is 9.90 Å². The molecule has 0 bridgehead atoms. The van der Waals surface area contributed by atoms with Gasteiger partial charge in [-0.1, -0.05) is 6.07 Å². The number of benzene rings is 1. The normalized spacial score (nSPS) is 16.9. The summed E-state index contributed by atoms with van der Waals surface area (Å²) in [4.78, 5) is 11.7. The number of halogens is 1. The molecule has 104 valence electrons. The number of anilines is 1. The number of amides is 1. The number of aliphatic hydroxyl groups is 1. The fraction of sp³-hybridized carbons (Fsp3) is 0.500. The van der Waals surface area contributed by atoms with Crippen LogP contribution in [0.5, 0.6) is 0 Å². The lowest BCUT2D eigenvalue weighted by atomic mass is 10.1. The summed E-state index contributed by atoms with van der Waals surface area (Å²) in [6, 6.07) is 5.46. The molecule has 0 radical (unpaired) electrons. The molecule has 1 saturated carbocycles. The van der Waals surface area contributed by atoms with E-state index in [1.807, 2.05) is 32.9 Å². The van der Waals surface area contributed by atoms with E-state index in [-0.39, 0.29) is 0 Å². The Bertz CT molecular complexity index is 504. The smallest absolute Gasteiger partial charge is 0.412 e. The number of nitrogens with one attached hydrogen (secondary N) is 1. The average Bonchev–Trinajstić information content (AvgIpc) is 2.98. The van der Waals surface area contributed by atoms with Gasteiger partial charge in [-0.05, 0) is 67.2 Å². The lowest BCUT2D eigenvalue weighted by Crippen LogP contribution is -2.27. The highest BCUT2D eigenvalue weighted by atomic mass is 79.9. The molecule has 0 unspecified atom stereocenters. The molecule has 0 heterocycles. The number of hydrogen-bond donors (Lipinski definition) is 2. The van der Waals surface area contributed by atoms with Crippen LogP contribution in [0.3, 0.4) is 0 Å². The molecule has 1 amide bonds. The molecular weight excluding hydrogens is 310 g/mol. The van der Waals surface area contributed by atoms with Crippen molar-refractivity contribution in [1.82, 2.24) is 0 Å². The molecule has 2 rings (SSSR count). The molecule has 19 heavy (non-hydrogen) atoms. The van der Waals surface area contributed by atoms with Crippen molar-refractivity contribution in [1.29, 1.82) is 0 Å². The van der Waals surface area contributed by atoms with Crippen LogP contribution in [0.2, 0.25) is 0 Å². The van der Waals surface area contributed by atoms with E-state index < -0.39 is 17.3 Å². The van der Waals surface area contributed by atoms with Crippen LogP contribution in [0, 0.1) is 0 Å². The van der Waals surface area contributed by atoms with E-state index in [4.69, 9.17) is 4.74 Å². The Hall–Kier alpha value is -1.07. The lowest BCUT2D eigenvalue weighted by Gasteiger charge is -2.20. The molecule has 1 aromatic rings. The standard InChI is InChI=1S/C14H18BrNO3/c1-13(2,3)19-12(17)16-11-8-9(4-5-10(11)15)14(18)6-7-14/h4-5,8,18H,6-7H2,1-3H3,(H,16,17). The largest absolute Gasteiger partial charge is 0.444 e. The van der Waals surface area contributed by atoms with E-state index >= 15 is 0 Å². The second-order valence-corrected chi connectivity index (χ2v) is 6.71. The number of ether oxygens (including phenoxy) is 1. The van der Waals surface area contributed by atoms with Crippen molar-refractivity contribution < 1.29 is 14.6 Å². The second-order valence-electron chi connectivity index (χ2n) is 5.85. The Labute approximate surface area is 121 Å². The molecule has 1 aromatic carbocycles. The Morgan fingerprint density at radius 3 is 2.58 bits per heavy atom. The maximum Gasteiger partial charge on any atom is 0.412 e. The molecular formula is C14H18BrNO3. The van der Waals surface area contributed by atoms with Crippen LogP contribution in [-0.2, 0) is 10.3 Å². The van der Waals surface area contributed by atoms with Gasteiger partial charge < -0.3 is 9.84 Å². The third-order valence-corrected chi connectivity index (χ3v) is 3.55. The zero-order valence-corrected chi connectivity index (χ0v) is 12.9. The highest BCUT2D eigenvalue weighted by Gasteiger charge is 2.42. The Balaban J connectivity index is 2.13. The molecule has 0 aliphatic heterocycles. The van der Waals surface area contributed by atoms with E-state index in [1.165, 1.54) is 0 Å². The van der Waals surface area contributed by atoms with Gasteiger partial charge in [-0.25, -0.2) is 4.79 Å². The van der Waals surface area contributed by atoms with Crippen LogP contribution in [0.4, 0.5) is 10.5 Å². The van der Waals surface area contributed by atoms with Gasteiger partial charge in [0.1, 0.15) is 5.60 Å². The minimum absolute atomic E-state index is 0.506. The number of hydrogen-bond acceptors (Lipinski definition) is 3. The minimum atomic E-state index is -0.717. The predicted octanol–water partition coefficient (Wildman–Crippen LogP) is 3.78. The van der Waals surface area contributed by atoms with Crippen molar-refractivity contribution in [3.8, 4) is 0 Å². The third kappa shape index (κ3) is 3.70. The first-order chi connectivity index (χ1) is 8.70. The fourth-order valence-corrected chi connectivity index (χ4v) is 2.08. The van der Waals surface area contributed by atoms with Crippen molar-refractivity contribution in [2.24, 2.45) is 0 Å². The summed E-state index contributed by atoms with van der Waals surface area (Å²) in [5, 5.41) is 12.8. The van der Waals surface area contributed by atoms with Gasteiger partial charge in [0.25, 0.3) is 0 Å². The zero-order chi connectivity index (χ0) is 14.3. The molecule has 0 spiro atoms. The van der Waals surface area contributed by atoms with Crippen molar-refractivity contribution in [2.45, 2.75) is 44.8 Å². The topological polar surface area (TPSA) is 58.6 Å². The first-order valence-electron chi connectivity index (χ1n) is 6.22. The van der Waals surface area contributed by atoms with Crippen LogP contribution in [0.15, 0.2) is 22.7 Å². The highest BCUT2D eigenvalue weighted by Crippen LogP contribution is 2.46. The first-order valence-corrected chi connectivity index (χ1v) is 7.01. The van der Waals surface area contributed by atoms with Gasteiger partial charge in [-0.15, -0.1) is 0 Å². The molecule has 1 aliphatic rings. The van der Waals surface area contributed by atoms with Crippen molar-refractivity contribution in [2.75, 3.05) is 5.32 Å². The van der Waals surface area contributed by atoms with E-state index in [1.54, 1.807) is 6.07 Å². The van der Waals surface area contributed by atoms with E-state index in [0.29, 0.717) is 5.69 Å². The summed E-state index contributed by atoms with van der Waals surface area (Å²) in [6.45, 7) is 5.43. The van der Waals surface area contributed by atoms with Gasteiger partial charge in [0.05, 0.1) is 11.3 Å². The monoisotopic (exact) mass is 327 g/mol. The third-order valence-electron chi connectivity index (χ3n) is 2.86. The van der Waals surface area contributed by atoms with Gasteiger partial charge in [-0.3, -0.25) is 5.32 Å². The Morgan fingerprint density at radius 2 is 2.05 bits per heavy atom. The molecule has 1 aliphatic carbocycles. The number of carbonyl (C=O) groups excluding carboxylic acids is 1. The molecule has 1 fully saturated rings. The van der Waals surface area contributed by atoms with Crippen LogP contribution >= 0.6 is 15.9 Å². The molecule has 0 atom stereocenters. The van der Waals surface area contributed by atoms with Crippen LogP contribution in [-0.4, -0.2) is 16.8 Å². The minimum Gasteiger partial charge on any atom is -0.444 e. The highest BCUT2D eigenvalue weighted by molar-refractivity contribution is 9.10. The number of rotatable bonds is 2. The van der Waals surface area contributed by atoms with Gasteiger partial charge in [0.15, 0.2) is 0 Å². The van der Waals surface area contributed by atoms with Gasteiger partial charge in [-0.2, -0.15) is 0 Å². The average molecular weight is 328 g/mol.